The maximum atomic E-state index is 8.89. The first-order valence-corrected chi connectivity index (χ1v) is 6.00. The van der Waals surface area contributed by atoms with Crippen LogP contribution < -0.4 is 9.67 Å². The Labute approximate surface area is 113 Å². The lowest BCUT2D eigenvalue weighted by atomic mass is 10.6. The Kier molecular flexibility index (Phi) is 12.0. The van der Waals surface area contributed by atoms with Crippen LogP contribution in [0.25, 0.3) is 0 Å². The summed E-state index contributed by atoms with van der Waals surface area (Å²) in [4.78, 5) is 11.9. The second kappa shape index (κ2) is 13.0. The van der Waals surface area contributed by atoms with Crippen LogP contribution in [0.15, 0.2) is 18.7 Å². The Balaban J connectivity index is 0.000000711. The van der Waals surface area contributed by atoms with Crippen molar-refractivity contribution in [2.45, 2.75) is 13.5 Å². The first-order chi connectivity index (χ1) is 9.16. The van der Waals surface area contributed by atoms with Crippen LogP contribution in [0.5, 0.6) is 0 Å². The van der Waals surface area contributed by atoms with Crippen molar-refractivity contribution in [1.82, 2.24) is 4.98 Å². The van der Waals surface area contributed by atoms with Crippen LogP contribution in [0.4, 0.5) is 0 Å². The molecule has 1 aromatic heterocycles. The molecule has 7 heteroatoms. The van der Waals surface area contributed by atoms with Crippen molar-refractivity contribution in [1.29, 1.82) is 0 Å². The van der Waals surface area contributed by atoms with Gasteiger partial charge in [-0.2, -0.15) is 0 Å². The maximum Gasteiger partial charge on any atom is 0.241 e. The molecular formula is C12H22N2O5. The number of carbonyl (C=O) groups excluding carboxylic acids is 1. The van der Waals surface area contributed by atoms with Crippen molar-refractivity contribution in [2.75, 3.05) is 40.1 Å². The van der Waals surface area contributed by atoms with E-state index in [-0.39, 0.29) is 0 Å². The Morgan fingerprint density at radius 3 is 2.32 bits per heavy atom. The topological polar surface area (TPSA) is 87.5 Å². The first-order valence-electron chi connectivity index (χ1n) is 6.00. The number of imidazole rings is 1. The molecule has 0 spiro atoms. The van der Waals surface area contributed by atoms with Gasteiger partial charge in [0.1, 0.15) is 18.9 Å². The monoisotopic (exact) mass is 274 g/mol. The highest BCUT2D eigenvalue weighted by Crippen LogP contribution is 1.80. The molecule has 1 rings (SSSR count). The second-order valence-corrected chi connectivity index (χ2v) is 3.56. The molecule has 0 bridgehead atoms. The molecule has 0 atom stereocenters. The Morgan fingerprint density at radius 2 is 1.79 bits per heavy atom. The maximum absolute atomic E-state index is 8.89. The average molecular weight is 274 g/mol. The molecule has 19 heavy (non-hydrogen) atoms. The van der Waals surface area contributed by atoms with Crippen molar-refractivity contribution >= 4 is 5.97 Å². The number of carboxylic acids is 1. The lowest BCUT2D eigenvalue weighted by molar-refractivity contribution is -0.697. The molecular weight excluding hydrogens is 252 g/mol. The van der Waals surface area contributed by atoms with Crippen LogP contribution in [0.2, 0.25) is 0 Å². The molecule has 1 aromatic rings. The van der Waals surface area contributed by atoms with E-state index in [4.69, 9.17) is 24.1 Å². The summed E-state index contributed by atoms with van der Waals surface area (Å²) in [6, 6.07) is 0. The number of ether oxygens (including phenoxy) is 3. The fourth-order valence-electron chi connectivity index (χ4n) is 1.09. The molecule has 0 fully saturated rings. The van der Waals surface area contributed by atoms with Crippen molar-refractivity contribution in [3.05, 3.63) is 18.7 Å². The summed E-state index contributed by atoms with van der Waals surface area (Å²) in [5, 5.41) is 8.89. The van der Waals surface area contributed by atoms with Gasteiger partial charge in [0.15, 0.2) is 0 Å². The van der Waals surface area contributed by atoms with E-state index in [1.165, 1.54) is 0 Å². The minimum absolute atomic E-state index is 0.626. The molecule has 0 unspecified atom stereocenters. The Bertz CT molecular complexity index is 299. The van der Waals surface area contributed by atoms with Crippen LogP contribution in [-0.2, 0) is 25.5 Å². The third kappa shape index (κ3) is 14.5. The molecule has 0 saturated carbocycles. The van der Waals surface area contributed by atoms with Crippen LogP contribution in [0.1, 0.15) is 6.92 Å². The lowest BCUT2D eigenvalue weighted by Gasteiger charge is -2.04. The Hall–Kier alpha value is -1.44. The highest BCUT2D eigenvalue weighted by molar-refractivity contribution is 5.60. The molecule has 0 aliphatic carbocycles. The van der Waals surface area contributed by atoms with Gasteiger partial charge in [0, 0.05) is 13.1 Å². The highest BCUT2D eigenvalue weighted by Gasteiger charge is 1.96. The molecule has 0 aliphatic rings. The summed E-state index contributed by atoms with van der Waals surface area (Å²) in [5.41, 5.74) is 0. The van der Waals surface area contributed by atoms with Crippen molar-refractivity contribution in [3.63, 3.8) is 0 Å². The van der Waals surface area contributed by atoms with Gasteiger partial charge >= 0.3 is 0 Å². The van der Waals surface area contributed by atoms with E-state index < -0.39 is 5.97 Å². The summed E-state index contributed by atoms with van der Waals surface area (Å²) >= 11 is 0. The quantitative estimate of drug-likeness (QED) is 0.448. The van der Waals surface area contributed by atoms with Crippen molar-refractivity contribution < 1.29 is 28.7 Å². The molecule has 0 radical (unpaired) electrons. The Morgan fingerprint density at radius 1 is 1.21 bits per heavy atom. The van der Waals surface area contributed by atoms with E-state index in [1.54, 1.807) is 7.11 Å². The number of aromatic nitrogens is 2. The molecule has 0 aliphatic heterocycles. The summed E-state index contributed by atoms with van der Waals surface area (Å²) in [6.45, 7) is 5.07. The predicted molar refractivity (Wildman–Crippen MR) is 65.2 cm³/mol. The molecule has 0 saturated heterocycles. The summed E-state index contributed by atoms with van der Waals surface area (Å²) < 4.78 is 17.5. The number of carboxylic acid groups (broad SMARTS) is 1. The van der Waals surface area contributed by atoms with Gasteiger partial charge in [-0.05, 0) is 6.92 Å². The van der Waals surface area contributed by atoms with E-state index >= 15 is 0 Å². The summed E-state index contributed by atoms with van der Waals surface area (Å²) in [7, 11) is 1.66. The minimum Gasteiger partial charge on any atom is -0.550 e. The normalized spacial score (nSPS) is 9.79. The number of aliphatic carboxylic acids is 1. The molecule has 0 amide bonds. The zero-order valence-corrected chi connectivity index (χ0v) is 11.5. The van der Waals surface area contributed by atoms with Gasteiger partial charge < -0.3 is 24.1 Å². The van der Waals surface area contributed by atoms with E-state index in [9.17, 15) is 0 Å². The number of aromatic amines is 1. The van der Waals surface area contributed by atoms with Gasteiger partial charge in [-0.25, -0.2) is 4.57 Å². The number of hydrogen-bond acceptors (Lipinski definition) is 5. The number of nitrogens with zero attached hydrogens (tertiary/aromatic N) is 1. The van der Waals surface area contributed by atoms with Gasteiger partial charge in [-0.1, -0.05) is 0 Å². The lowest BCUT2D eigenvalue weighted by Crippen LogP contribution is -2.33. The number of nitrogens with one attached hydrogen (secondary N) is 1. The molecule has 110 valence electrons. The minimum atomic E-state index is -1.08. The fraction of sp³-hybridized carbons (Fsp3) is 0.667. The van der Waals surface area contributed by atoms with Crippen LogP contribution in [-0.4, -0.2) is 51.1 Å². The summed E-state index contributed by atoms with van der Waals surface area (Å²) in [5.74, 6) is -1.08. The number of H-pyrrole nitrogens is 1. The van der Waals surface area contributed by atoms with E-state index in [1.807, 2.05) is 23.3 Å². The summed E-state index contributed by atoms with van der Waals surface area (Å²) in [6.07, 6.45) is 5.75. The van der Waals surface area contributed by atoms with Crippen molar-refractivity contribution in [2.24, 2.45) is 0 Å². The number of rotatable bonds is 9. The standard InChI is InChI=1S/C10H18N2O3.C2H4O2/c1-13-6-7-15-9-8-14-5-4-12-3-2-11-10-12;1-2(3)4/h2-3,10H,4-9H2,1H3;1H3,(H,3,4). The zero-order chi connectivity index (χ0) is 14.3. The molecule has 7 nitrogen and oxygen atoms in total. The SMILES string of the molecule is CC(=O)[O-].COCCOCCOCC[n+]1cc[nH]c1. The van der Waals surface area contributed by atoms with Crippen LogP contribution >= 0.6 is 0 Å². The zero-order valence-electron chi connectivity index (χ0n) is 11.5. The largest absolute Gasteiger partial charge is 0.550 e. The van der Waals surface area contributed by atoms with Gasteiger partial charge in [0.2, 0.25) is 6.33 Å². The second-order valence-electron chi connectivity index (χ2n) is 3.56. The average Bonchev–Trinajstić information content (AvgIpc) is 2.85. The smallest absolute Gasteiger partial charge is 0.241 e. The molecule has 1 N–H and O–H groups in total. The number of hydrogen-bond donors (Lipinski definition) is 1. The molecule has 1 heterocycles. The molecule has 0 aromatic carbocycles. The highest BCUT2D eigenvalue weighted by atomic mass is 16.5. The number of methoxy groups -OCH3 is 1. The van der Waals surface area contributed by atoms with Gasteiger partial charge in [-0.15, -0.1) is 0 Å². The van der Waals surface area contributed by atoms with E-state index in [2.05, 4.69) is 4.98 Å². The van der Waals surface area contributed by atoms with E-state index in [0.29, 0.717) is 33.0 Å². The third-order valence-corrected chi connectivity index (χ3v) is 1.90. The number of carbonyl (C=O) groups is 1. The van der Waals surface area contributed by atoms with Gasteiger partial charge in [-0.3, -0.25) is 4.98 Å². The first kappa shape index (κ1) is 17.6. The third-order valence-electron chi connectivity index (χ3n) is 1.90. The fourth-order valence-corrected chi connectivity index (χ4v) is 1.09. The van der Waals surface area contributed by atoms with Crippen LogP contribution in [0.3, 0.4) is 0 Å². The van der Waals surface area contributed by atoms with Gasteiger partial charge in [0.25, 0.3) is 0 Å². The predicted octanol–water partition coefficient (Wildman–Crippen LogP) is -1.26. The van der Waals surface area contributed by atoms with Crippen molar-refractivity contribution in [3.8, 4) is 0 Å². The van der Waals surface area contributed by atoms with Gasteiger partial charge in [0.05, 0.1) is 33.0 Å². The van der Waals surface area contributed by atoms with E-state index in [0.717, 1.165) is 13.5 Å². The van der Waals surface area contributed by atoms with Crippen LogP contribution in [0, 0.1) is 0 Å².